The fourth-order valence-electron chi connectivity index (χ4n) is 1.94. The zero-order valence-corrected chi connectivity index (χ0v) is 14.7. The molecule has 126 valence electrons. The standard InChI is InChI=1S/C16H16BrN3O4/c1-3-24-16-14(17)8-11(9-15(16)23-2)10-18-19-12-4-6-13(7-5-12)20(21)22/h4-10,19H,3H2,1-2H3/b18-10+. The molecule has 0 saturated carbocycles. The molecule has 0 heterocycles. The highest BCUT2D eigenvalue weighted by Gasteiger charge is 2.10. The van der Waals surface area contributed by atoms with Crippen molar-refractivity contribution >= 4 is 33.5 Å². The molecule has 7 nitrogen and oxygen atoms in total. The van der Waals surface area contributed by atoms with Crippen LogP contribution in [-0.4, -0.2) is 24.9 Å². The summed E-state index contributed by atoms with van der Waals surface area (Å²) in [4.78, 5) is 10.2. The van der Waals surface area contributed by atoms with Crippen LogP contribution in [0, 0.1) is 10.1 Å². The van der Waals surface area contributed by atoms with Crippen LogP contribution in [0.15, 0.2) is 46.0 Å². The smallest absolute Gasteiger partial charge is 0.269 e. The van der Waals surface area contributed by atoms with Gasteiger partial charge in [0.1, 0.15) is 0 Å². The minimum Gasteiger partial charge on any atom is -0.493 e. The molecule has 0 spiro atoms. The van der Waals surface area contributed by atoms with Crippen LogP contribution >= 0.6 is 15.9 Å². The molecule has 0 radical (unpaired) electrons. The van der Waals surface area contributed by atoms with Crippen LogP contribution < -0.4 is 14.9 Å². The zero-order valence-electron chi connectivity index (χ0n) is 13.2. The maximum Gasteiger partial charge on any atom is 0.269 e. The molecule has 0 bridgehead atoms. The van der Waals surface area contributed by atoms with E-state index in [9.17, 15) is 10.1 Å². The molecule has 0 saturated heterocycles. The van der Waals surface area contributed by atoms with Crippen molar-refractivity contribution < 1.29 is 14.4 Å². The van der Waals surface area contributed by atoms with E-state index in [0.717, 1.165) is 10.0 Å². The van der Waals surface area contributed by atoms with E-state index in [1.165, 1.54) is 12.1 Å². The number of hydrazone groups is 1. The number of nitrogens with one attached hydrogen (secondary N) is 1. The summed E-state index contributed by atoms with van der Waals surface area (Å²) < 4.78 is 11.6. The maximum absolute atomic E-state index is 10.6. The first-order chi connectivity index (χ1) is 11.5. The van der Waals surface area contributed by atoms with Gasteiger partial charge in [0.05, 0.1) is 35.0 Å². The summed E-state index contributed by atoms with van der Waals surface area (Å²) in [5.74, 6) is 1.24. The predicted molar refractivity (Wildman–Crippen MR) is 96.2 cm³/mol. The first kappa shape index (κ1) is 17.7. The third kappa shape index (κ3) is 4.45. The van der Waals surface area contributed by atoms with Gasteiger partial charge in [-0.15, -0.1) is 0 Å². The average Bonchev–Trinajstić information content (AvgIpc) is 2.57. The van der Waals surface area contributed by atoms with E-state index in [-0.39, 0.29) is 5.69 Å². The number of non-ortho nitro benzene ring substituents is 1. The third-order valence-electron chi connectivity index (χ3n) is 3.03. The number of ether oxygens (including phenoxy) is 2. The van der Waals surface area contributed by atoms with Crippen molar-refractivity contribution in [2.24, 2.45) is 5.10 Å². The second-order valence-corrected chi connectivity index (χ2v) is 5.50. The topological polar surface area (TPSA) is 86.0 Å². The lowest BCUT2D eigenvalue weighted by molar-refractivity contribution is -0.384. The lowest BCUT2D eigenvalue weighted by atomic mass is 10.2. The predicted octanol–water partition coefficient (Wildman–Crippen LogP) is 4.21. The number of halogens is 1. The summed E-state index contributed by atoms with van der Waals surface area (Å²) in [5, 5.41) is 14.7. The number of anilines is 1. The summed E-state index contributed by atoms with van der Waals surface area (Å²) in [7, 11) is 1.57. The first-order valence-corrected chi connectivity index (χ1v) is 7.88. The Balaban J connectivity index is 2.11. The van der Waals surface area contributed by atoms with Crippen LogP contribution in [-0.2, 0) is 0 Å². The fourth-order valence-corrected chi connectivity index (χ4v) is 2.51. The van der Waals surface area contributed by atoms with Gasteiger partial charge in [0, 0.05) is 12.1 Å². The van der Waals surface area contributed by atoms with Crippen LogP contribution in [0.1, 0.15) is 12.5 Å². The molecule has 24 heavy (non-hydrogen) atoms. The largest absolute Gasteiger partial charge is 0.493 e. The SMILES string of the molecule is CCOc1c(Br)cc(/C=N/Nc2ccc([N+](=O)[O-])cc2)cc1OC. The van der Waals surface area contributed by atoms with Crippen LogP contribution in [0.25, 0.3) is 0 Å². The van der Waals surface area contributed by atoms with Gasteiger partial charge in [0.25, 0.3) is 5.69 Å². The molecular weight excluding hydrogens is 378 g/mol. The molecule has 0 amide bonds. The van der Waals surface area contributed by atoms with Gasteiger partial charge in [-0.25, -0.2) is 0 Å². The van der Waals surface area contributed by atoms with Crippen molar-refractivity contribution in [1.82, 2.24) is 0 Å². The van der Waals surface area contributed by atoms with Crippen LogP contribution in [0.3, 0.4) is 0 Å². The number of nitro benzene ring substituents is 1. The van der Waals surface area contributed by atoms with Crippen molar-refractivity contribution in [1.29, 1.82) is 0 Å². The number of nitro groups is 1. The number of benzene rings is 2. The Labute approximate surface area is 147 Å². The van der Waals surface area contributed by atoms with Gasteiger partial charge in [-0.05, 0) is 52.7 Å². The molecule has 0 unspecified atom stereocenters. The molecule has 0 aliphatic rings. The van der Waals surface area contributed by atoms with Gasteiger partial charge in [-0.2, -0.15) is 5.10 Å². The summed E-state index contributed by atoms with van der Waals surface area (Å²) in [5.41, 5.74) is 4.30. The van der Waals surface area contributed by atoms with E-state index >= 15 is 0 Å². The van der Waals surface area contributed by atoms with E-state index < -0.39 is 4.92 Å². The number of hydrogen-bond donors (Lipinski definition) is 1. The second-order valence-electron chi connectivity index (χ2n) is 4.64. The Kier molecular flexibility index (Phi) is 6.14. The fraction of sp³-hybridized carbons (Fsp3) is 0.188. The average molecular weight is 394 g/mol. The lowest BCUT2D eigenvalue weighted by Crippen LogP contribution is -1.98. The Morgan fingerprint density at radius 3 is 2.62 bits per heavy atom. The summed E-state index contributed by atoms with van der Waals surface area (Å²) in [6.07, 6.45) is 1.62. The van der Waals surface area contributed by atoms with Gasteiger partial charge in [0.15, 0.2) is 11.5 Å². The van der Waals surface area contributed by atoms with E-state index in [0.29, 0.717) is 23.8 Å². The highest BCUT2D eigenvalue weighted by molar-refractivity contribution is 9.10. The second kappa shape index (κ2) is 8.30. The summed E-state index contributed by atoms with van der Waals surface area (Å²) >= 11 is 3.45. The molecule has 2 rings (SSSR count). The number of hydrogen-bond acceptors (Lipinski definition) is 6. The minimum absolute atomic E-state index is 0.0321. The van der Waals surface area contributed by atoms with Crippen molar-refractivity contribution in [3.05, 3.63) is 56.5 Å². The number of rotatable bonds is 7. The van der Waals surface area contributed by atoms with E-state index in [2.05, 4.69) is 26.5 Å². The highest BCUT2D eigenvalue weighted by Crippen LogP contribution is 2.36. The molecule has 1 N–H and O–H groups in total. The van der Waals surface area contributed by atoms with E-state index in [1.807, 2.05) is 13.0 Å². The number of nitrogens with zero attached hydrogens (tertiary/aromatic N) is 2. The third-order valence-corrected chi connectivity index (χ3v) is 3.61. The highest BCUT2D eigenvalue weighted by atomic mass is 79.9. The molecule has 8 heteroatoms. The molecule has 0 aromatic heterocycles. The Morgan fingerprint density at radius 2 is 2.04 bits per heavy atom. The van der Waals surface area contributed by atoms with Crippen LogP contribution in [0.4, 0.5) is 11.4 Å². The molecule has 0 aliphatic heterocycles. The molecule has 2 aromatic rings. The van der Waals surface area contributed by atoms with Gasteiger partial charge in [-0.3, -0.25) is 15.5 Å². The molecule has 2 aromatic carbocycles. The Morgan fingerprint density at radius 1 is 1.33 bits per heavy atom. The molecular formula is C16H16BrN3O4. The van der Waals surface area contributed by atoms with Crippen LogP contribution in [0.5, 0.6) is 11.5 Å². The quantitative estimate of drug-likeness (QED) is 0.432. The van der Waals surface area contributed by atoms with Gasteiger partial charge in [0.2, 0.25) is 0 Å². The van der Waals surface area contributed by atoms with Crippen molar-refractivity contribution in [3.8, 4) is 11.5 Å². The lowest BCUT2D eigenvalue weighted by Gasteiger charge is -2.12. The Hall–Kier alpha value is -2.61. The number of methoxy groups -OCH3 is 1. The molecule has 0 aliphatic carbocycles. The van der Waals surface area contributed by atoms with Crippen molar-refractivity contribution in [3.63, 3.8) is 0 Å². The van der Waals surface area contributed by atoms with Crippen LogP contribution in [0.2, 0.25) is 0 Å². The molecule has 0 atom stereocenters. The van der Waals surface area contributed by atoms with Crippen molar-refractivity contribution in [2.75, 3.05) is 19.1 Å². The zero-order chi connectivity index (χ0) is 17.5. The van der Waals surface area contributed by atoms with Gasteiger partial charge >= 0.3 is 0 Å². The molecule has 0 fully saturated rings. The van der Waals surface area contributed by atoms with Crippen molar-refractivity contribution in [2.45, 2.75) is 6.92 Å². The maximum atomic E-state index is 10.6. The minimum atomic E-state index is -0.448. The van der Waals surface area contributed by atoms with E-state index in [1.54, 1.807) is 31.5 Å². The Bertz CT molecular complexity index is 748. The normalized spacial score (nSPS) is 10.6. The van der Waals surface area contributed by atoms with Gasteiger partial charge < -0.3 is 9.47 Å². The summed E-state index contributed by atoms with van der Waals surface area (Å²) in [6, 6.07) is 9.66. The van der Waals surface area contributed by atoms with Gasteiger partial charge in [-0.1, -0.05) is 0 Å². The van der Waals surface area contributed by atoms with E-state index in [4.69, 9.17) is 9.47 Å². The first-order valence-electron chi connectivity index (χ1n) is 7.09. The summed E-state index contributed by atoms with van der Waals surface area (Å²) in [6.45, 7) is 2.43. The monoisotopic (exact) mass is 393 g/mol.